The molecule has 4 heterocycles. The highest BCUT2D eigenvalue weighted by Gasteiger charge is 2.34. The Morgan fingerprint density at radius 3 is 2.67 bits per heavy atom. The van der Waals surface area contributed by atoms with Crippen LogP contribution >= 0.6 is 13.5 Å². The number of likely N-dealkylation sites (N-methyl/N-ethyl adjacent to an activating group) is 1. The minimum absolute atomic E-state index is 0. The summed E-state index contributed by atoms with van der Waals surface area (Å²) in [6.07, 6.45) is 7.22. The second kappa shape index (κ2) is 10.0. The Hall–Kier alpha value is -3.38. The van der Waals surface area contributed by atoms with Crippen LogP contribution in [0.15, 0.2) is 36.8 Å². The lowest BCUT2D eigenvalue weighted by molar-refractivity contribution is -0.118. The van der Waals surface area contributed by atoms with Crippen LogP contribution in [0.4, 0.5) is 11.4 Å². The van der Waals surface area contributed by atoms with Crippen LogP contribution in [-0.2, 0) is 24.2 Å². The minimum atomic E-state index is -0.188. The zero-order chi connectivity index (χ0) is 22.8. The van der Waals surface area contributed by atoms with Gasteiger partial charge in [-0.2, -0.15) is 23.9 Å². The van der Waals surface area contributed by atoms with Gasteiger partial charge in [-0.05, 0) is 48.9 Å². The molecule has 4 rings (SSSR count). The van der Waals surface area contributed by atoms with E-state index in [9.17, 15) is 4.79 Å². The fraction of sp³-hybridized carbons (Fsp3) is 0.375. The first kappa shape index (κ1) is 24.3. The van der Waals surface area contributed by atoms with E-state index in [-0.39, 0.29) is 31.4 Å². The van der Waals surface area contributed by atoms with E-state index < -0.39 is 0 Å². The van der Waals surface area contributed by atoms with Crippen molar-refractivity contribution in [2.45, 2.75) is 46.2 Å². The number of anilines is 2. The summed E-state index contributed by atoms with van der Waals surface area (Å²) in [6, 6.07) is 7.54. The Labute approximate surface area is 201 Å². The number of nitrogens with one attached hydrogen (secondary N) is 1. The van der Waals surface area contributed by atoms with Gasteiger partial charge in [0.25, 0.3) is 0 Å². The Morgan fingerprint density at radius 1 is 1.21 bits per heavy atom. The first-order valence-electron chi connectivity index (χ1n) is 10.8. The highest BCUT2D eigenvalue weighted by atomic mass is 32.1. The predicted octanol–water partition coefficient (Wildman–Crippen LogP) is 3.21. The molecule has 172 valence electrons. The average molecular weight is 464 g/mol. The monoisotopic (exact) mass is 463 g/mol. The van der Waals surface area contributed by atoms with E-state index in [1.165, 1.54) is 0 Å². The van der Waals surface area contributed by atoms with Crippen molar-refractivity contribution >= 4 is 30.8 Å². The van der Waals surface area contributed by atoms with Gasteiger partial charge >= 0.3 is 0 Å². The number of nitrogens with zero attached hydrogens (tertiary/aromatic N) is 6. The van der Waals surface area contributed by atoms with Crippen LogP contribution < -0.4 is 10.2 Å². The number of pyridine rings is 2. The van der Waals surface area contributed by atoms with Gasteiger partial charge in [-0.25, -0.2) is 4.98 Å². The molecule has 33 heavy (non-hydrogen) atoms. The van der Waals surface area contributed by atoms with Crippen molar-refractivity contribution in [3.8, 4) is 6.07 Å². The number of fused-ring (bicyclic) bond motifs is 1. The van der Waals surface area contributed by atoms with Crippen molar-refractivity contribution in [2.24, 2.45) is 5.92 Å². The molecule has 0 aromatic carbocycles. The van der Waals surface area contributed by atoms with Gasteiger partial charge in [0.05, 0.1) is 29.8 Å². The standard InChI is InChI=1S/C24H27N7O.H2S/c1-15(2)23-24(32)29-22-16(3)28-19(9-21(22)30(23)4)7-5-18-12-27-31(14-18)13-17-6-8-20(10-25)26-11-17;/h6,8-9,11-12,14-15,23H,5,7,13H2,1-4H3,(H,29,32);1H2/t23-;/m0./s1. The van der Waals surface area contributed by atoms with Gasteiger partial charge in [-0.15, -0.1) is 0 Å². The molecule has 0 aliphatic carbocycles. The molecule has 9 heteroatoms. The van der Waals surface area contributed by atoms with Crippen molar-refractivity contribution in [3.63, 3.8) is 0 Å². The van der Waals surface area contributed by atoms with Gasteiger partial charge in [0.15, 0.2) is 0 Å². The van der Waals surface area contributed by atoms with Crippen LogP contribution in [-0.4, -0.2) is 38.7 Å². The summed E-state index contributed by atoms with van der Waals surface area (Å²) in [4.78, 5) is 23.4. The molecule has 0 saturated carbocycles. The second-order valence-electron chi connectivity index (χ2n) is 8.59. The number of amides is 1. The van der Waals surface area contributed by atoms with Crippen LogP contribution in [0.5, 0.6) is 0 Å². The lowest BCUT2D eigenvalue weighted by Gasteiger charge is -2.38. The number of rotatable bonds is 6. The van der Waals surface area contributed by atoms with E-state index in [0.717, 1.165) is 46.7 Å². The van der Waals surface area contributed by atoms with E-state index in [4.69, 9.17) is 10.2 Å². The summed E-state index contributed by atoms with van der Waals surface area (Å²) in [5.74, 6) is 0.236. The van der Waals surface area contributed by atoms with Gasteiger partial charge in [0, 0.05) is 25.1 Å². The Kier molecular flexibility index (Phi) is 7.39. The normalized spacial score (nSPS) is 15.0. The summed E-state index contributed by atoms with van der Waals surface area (Å²) in [6.45, 7) is 6.67. The number of aromatic nitrogens is 4. The molecule has 1 aliphatic rings. The molecular formula is C24H29N7OS. The molecule has 0 bridgehead atoms. The second-order valence-corrected chi connectivity index (χ2v) is 8.59. The smallest absolute Gasteiger partial charge is 0.247 e. The maximum atomic E-state index is 12.5. The van der Waals surface area contributed by atoms with Gasteiger partial charge < -0.3 is 10.2 Å². The SMILES string of the molecule is Cc1nc(CCc2cnn(Cc3ccc(C#N)nc3)c2)cc2c1NC(=O)[C@H](C(C)C)N2C.S. The Balaban J connectivity index is 0.00000306. The van der Waals surface area contributed by atoms with E-state index in [1.807, 2.05) is 43.2 Å². The molecule has 0 fully saturated rings. The number of carbonyl (C=O) groups excluding carboxylic acids is 1. The van der Waals surface area contributed by atoms with Crippen molar-refractivity contribution in [2.75, 3.05) is 17.3 Å². The van der Waals surface area contributed by atoms with Crippen LogP contribution in [0.2, 0.25) is 0 Å². The van der Waals surface area contributed by atoms with Crippen LogP contribution in [0.1, 0.15) is 42.1 Å². The quantitative estimate of drug-likeness (QED) is 0.603. The summed E-state index contributed by atoms with van der Waals surface area (Å²) in [7, 11) is 1.98. The maximum absolute atomic E-state index is 12.5. The number of aryl methyl sites for hydroxylation is 3. The van der Waals surface area contributed by atoms with E-state index >= 15 is 0 Å². The minimum Gasteiger partial charge on any atom is -0.361 e. The third-order valence-corrected chi connectivity index (χ3v) is 5.82. The van der Waals surface area contributed by atoms with E-state index in [2.05, 4.69) is 40.2 Å². The highest BCUT2D eigenvalue weighted by molar-refractivity contribution is 7.59. The Bertz CT molecular complexity index is 1180. The van der Waals surface area contributed by atoms with Crippen LogP contribution in [0.25, 0.3) is 0 Å². The summed E-state index contributed by atoms with van der Waals surface area (Å²) in [5.41, 5.74) is 6.20. The molecule has 0 saturated heterocycles. The average Bonchev–Trinajstić information content (AvgIpc) is 3.21. The zero-order valence-electron chi connectivity index (χ0n) is 19.3. The first-order chi connectivity index (χ1) is 15.4. The number of nitriles is 1. The summed E-state index contributed by atoms with van der Waals surface area (Å²) in [5, 5.41) is 16.4. The lowest BCUT2D eigenvalue weighted by Crippen LogP contribution is -2.49. The molecule has 0 unspecified atom stereocenters. The fourth-order valence-corrected chi connectivity index (χ4v) is 4.22. The highest BCUT2D eigenvalue weighted by Crippen LogP contribution is 2.35. The molecule has 3 aromatic rings. The molecule has 8 nitrogen and oxygen atoms in total. The predicted molar refractivity (Wildman–Crippen MR) is 133 cm³/mol. The molecule has 1 aliphatic heterocycles. The molecule has 1 amide bonds. The van der Waals surface area contributed by atoms with E-state index in [1.54, 1.807) is 12.3 Å². The third-order valence-electron chi connectivity index (χ3n) is 5.82. The van der Waals surface area contributed by atoms with Gasteiger partial charge in [0.2, 0.25) is 5.91 Å². The third kappa shape index (κ3) is 5.17. The first-order valence-corrected chi connectivity index (χ1v) is 10.8. The van der Waals surface area contributed by atoms with E-state index in [0.29, 0.717) is 12.2 Å². The molecular weight excluding hydrogens is 434 g/mol. The van der Waals surface area contributed by atoms with Gasteiger partial charge in [0.1, 0.15) is 17.8 Å². The molecule has 1 N–H and O–H groups in total. The van der Waals surface area contributed by atoms with Crippen molar-refractivity contribution < 1.29 is 4.79 Å². The summed E-state index contributed by atoms with van der Waals surface area (Å²) >= 11 is 0. The lowest BCUT2D eigenvalue weighted by atomic mass is 9.97. The topological polar surface area (TPSA) is 99.7 Å². The molecule has 0 radical (unpaired) electrons. The van der Waals surface area contributed by atoms with Crippen molar-refractivity contribution in [1.29, 1.82) is 5.26 Å². The number of carbonyl (C=O) groups is 1. The molecule has 0 spiro atoms. The number of hydrogen-bond acceptors (Lipinski definition) is 6. The molecule has 1 atom stereocenters. The van der Waals surface area contributed by atoms with Gasteiger partial charge in [-0.1, -0.05) is 19.9 Å². The zero-order valence-corrected chi connectivity index (χ0v) is 20.3. The van der Waals surface area contributed by atoms with Gasteiger partial charge in [-0.3, -0.25) is 14.5 Å². The van der Waals surface area contributed by atoms with Crippen LogP contribution in [0, 0.1) is 24.2 Å². The van der Waals surface area contributed by atoms with Crippen molar-refractivity contribution in [1.82, 2.24) is 19.7 Å². The number of hydrogen-bond donors (Lipinski definition) is 1. The largest absolute Gasteiger partial charge is 0.361 e. The fourth-order valence-electron chi connectivity index (χ4n) is 4.22. The maximum Gasteiger partial charge on any atom is 0.247 e. The van der Waals surface area contributed by atoms with Crippen LogP contribution in [0.3, 0.4) is 0 Å². The van der Waals surface area contributed by atoms with Crippen molar-refractivity contribution in [3.05, 3.63) is 65.0 Å². The Morgan fingerprint density at radius 2 is 2.00 bits per heavy atom. The molecule has 3 aromatic heterocycles. The summed E-state index contributed by atoms with van der Waals surface area (Å²) < 4.78 is 1.88.